The third kappa shape index (κ3) is 3.87. The molecule has 0 radical (unpaired) electrons. The summed E-state index contributed by atoms with van der Waals surface area (Å²) in [4.78, 5) is 19.5. The van der Waals surface area contributed by atoms with Crippen molar-refractivity contribution < 1.29 is 4.79 Å². The summed E-state index contributed by atoms with van der Waals surface area (Å²) < 4.78 is 4.54. The minimum absolute atomic E-state index is 0.0659. The van der Waals surface area contributed by atoms with Crippen molar-refractivity contribution in [1.29, 1.82) is 5.26 Å². The van der Waals surface area contributed by atoms with Crippen molar-refractivity contribution in [2.75, 3.05) is 40.3 Å². The second-order valence-corrected chi connectivity index (χ2v) is 11.1. The zero-order valence-electron chi connectivity index (χ0n) is 19.6. The fourth-order valence-electron chi connectivity index (χ4n) is 5.10. The lowest BCUT2D eigenvalue weighted by atomic mass is 9.71. The smallest absolute Gasteiger partial charge is 0.195 e. The number of aromatic nitrogens is 1. The van der Waals surface area contributed by atoms with Crippen LogP contribution in [0.1, 0.15) is 52.2 Å². The molecule has 1 N–H and O–H groups in total. The normalized spacial score (nSPS) is 18.4. The average Bonchev–Trinajstić information content (AvgIpc) is 3.19. The molecule has 1 aromatic heterocycles. The van der Waals surface area contributed by atoms with E-state index in [4.69, 9.17) is 0 Å². The molecule has 0 unspecified atom stereocenters. The molecular formula is C26H29N5OS. The lowest BCUT2D eigenvalue weighted by molar-refractivity contribution is 0.103. The molecule has 33 heavy (non-hydrogen) atoms. The molecule has 1 fully saturated rings. The number of rotatable bonds is 4. The van der Waals surface area contributed by atoms with Crippen LogP contribution in [-0.4, -0.2) is 64.6 Å². The lowest BCUT2D eigenvalue weighted by Gasteiger charge is -2.35. The Labute approximate surface area is 199 Å². The first-order chi connectivity index (χ1) is 15.8. The number of fused-ring (bicyclic) bond motifs is 4. The van der Waals surface area contributed by atoms with Crippen LogP contribution in [0.15, 0.2) is 36.4 Å². The van der Waals surface area contributed by atoms with Gasteiger partial charge in [0.25, 0.3) is 0 Å². The number of nitrogens with zero attached hydrogens (tertiary/aromatic N) is 4. The van der Waals surface area contributed by atoms with E-state index in [0.29, 0.717) is 5.56 Å². The minimum Gasteiger partial charge on any atom is -0.357 e. The number of aromatic amines is 1. The van der Waals surface area contributed by atoms with E-state index in [0.717, 1.165) is 66.0 Å². The van der Waals surface area contributed by atoms with Crippen LogP contribution >= 0.6 is 12.1 Å². The highest BCUT2D eigenvalue weighted by Crippen LogP contribution is 2.44. The highest BCUT2D eigenvalue weighted by molar-refractivity contribution is 7.94. The number of carbonyl (C=O) groups excluding carboxylic acids is 1. The topological polar surface area (TPSA) is 66.4 Å². The van der Waals surface area contributed by atoms with Crippen LogP contribution in [-0.2, 0) is 12.0 Å². The molecule has 0 amide bonds. The summed E-state index contributed by atoms with van der Waals surface area (Å²) >= 11 is 1.78. The first-order valence-electron chi connectivity index (χ1n) is 11.3. The second-order valence-electron chi connectivity index (χ2n) is 9.68. The van der Waals surface area contributed by atoms with Gasteiger partial charge in [-0.3, -0.25) is 9.69 Å². The van der Waals surface area contributed by atoms with Crippen LogP contribution in [0.25, 0.3) is 10.9 Å². The first-order valence-corrected chi connectivity index (χ1v) is 12.1. The van der Waals surface area contributed by atoms with Gasteiger partial charge >= 0.3 is 0 Å². The quantitative estimate of drug-likeness (QED) is 0.591. The largest absolute Gasteiger partial charge is 0.357 e. The number of piperazine rings is 1. The number of nitriles is 1. The second kappa shape index (κ2) is 8.30. The molecule has 0 atom stereocenters. The summed E-state index contributed by atoms with van der Waals surface area (Å²) in [5.41, 5.74) is 5.90. The number of ketones is 1. The Morgan fingerprint density at radius 3 is 2.58 bits per heavy atom. The highest BCUT2D eigenvalue weighted by atomic mass is 32.2. The Hall–Kier alpha value is -2.63. The molecular weight excluding hydrogens is 430 g/mol. The van der Waals surface area contributed by atoms with E-state index in [2.05, 4.69) is 64.6 Å². The van der Waals surface area contributed by atoms with E-state index in [9.17, 15) is 10.1 Å². The Morgan fingerprint density at radius 1 is 1.12 bits per heavy atom. The molecule has 6 nitrogen and oxygen atoms in total. The molecule has 0 bridgehead atoms. The van der Waals surface area contributed by atoms with Crippen LogP contribution in [0, 0.1) is 11.3 Å². The number of H-pyrrole nitrogens is 1. The summed E-state index contributed by atoms with van der Waals surface area (Å²) in [6.45, 7) is 9.41. The summed E-state index contributed by atoms with van der Waals surface area (Å²) in [6.07, 6.45) is 0. The molecule has 0 saturated carbocycles. The Balaban J connectivity index is 1.44. The van der Waals surface area contributed by atoms with Gasteiger partial charge in [-0.05, 0) is 37.4 Å². The van der Waals surface area contributed by atoms with Crippen LogP contribution in [0.5, 0.6) is 0 Å². The van der Waals surface area contributed by atoms with Gasteiger partial charge in [-0.1, -0.05) is 38.1 Å². The predicted molar refractivity (Wildman–Crippen MR) is 133 cm³/mol. The van der Waals surface area contributed by atoms with Crippen molar-refractivity contribution in [3.05, 3.63) is 69.9 Å². The molecule has 2 heterocycles. The van der Waals surface area contributed by atoms with Gasteiger partial charge in [0.05, 0.1) is 17.2 Å². The van der Waals surface area contributed by atoms with Gasteiger partial charge in [-0.2, -0.15) is 5.26 Å². The van der Waals surface area contributed by atoms with Crippen molar-refractivity contribution in [3.63, 3.8) is 0 Å². The van der Waals surface area contributed by atoms with E-state index in [-0.39, 0.29) is 11.2 Å². The summed E-state index contributed by atoms with van der Waals surface area (Å²) in [5, 5.41) is 10.2. The predicted octanol–water partition coefficient (Wildman–Crippen LogP) is 4.15. The molecule has 5 rings (SSSR count). The Bertz CT molecular complexity index is 1280. The third-order valence-corrected chi connectivity index (χ3v) is 7.72. The molecule has 1 aliphatic heterocycles. The first kappa shape index (κ1) is 22.2. The lowest BCUT2D eigenvalue weighted by Crippen LogP contribution is -2.43. The van der Waals surface area contributed by atoms with E-state index < -0.39 is 0 Å². The SMILES string of the molecule is CN(C)SN1CCN(Cc2ccc3c(c2)C(C)(C)c2[nH]c4cc(C#N)ccc4c2C3=O)CC1. The van der Waals surface area contributed by atoms with Crippen molar-refractivity contribution in [2.24, 2.45) is 0 Å². The molecule has 0 spiro atoms. The van der Waals surface area contributed by atoms with E-state index in [1.807, 2.05) is 18.2 Å². The number of nitrogens with one attached hydrogen (secondary N) is 1. The average molecular weight is 460 g/mol. The summed E-state index contributed by atoms with van der Waals surface area (Å²) in [7, 11) is 4.16. The van der Waals surface area contributed by atoms with Crippen molar-refractivity contribution >= 4 is 28.8 Å². The fourth-order valence-corrected chi connectivity index (χ4v) is 5.89. The van der Waals surface area contributed by atoms with Crippen LogP contribution in [0.2, 0.25) is 0 Å². The van der Waals surface area contributed by atoms with Gasteiger partial charge in [0.1, 0.15) is 0 Å². The van der Waals surface area contributed by atoms with Gasteiger partial charge in [-0.15, -0.1) is 0 Å². The molecule has 1 aliphatic carbocycles. The van der Waals surface area contributed by atoms with Crippen molar-refractivity contribution in [3.8, 4) is 6.07 Å². The van der Waals surface area contributed by atoms with Gasteiger partial charge in [0.15, 0.2) is 5.78 Å². The number of benzene rings is 2. The van der Waals surface area contributed by atoms with Gasteiger partial charge in [-0.25, -0.2) is 8.61 Å². The van der Waals surface area contributed by atoms with Crippen molar-refractivity contribution in [1.82, 2.24) is 18.5 Å². The summed E-state index contributed by atoms with van der Waals surface area (Å²) in [6, 6.07) is 14.1. The zero-order chi connectivity index (χ0) is 23.3. The van der Waals surface area contributed by atoms with Crippen LogP contribution in [0.4, 0.5) is 0 Å². The van der Waals surface area contributed by atoms with E-state index in [1.165, 1.54) is 5.56 Å². The highest BCUT2D eigenvalue weighted by Gasteiger charge is 2.39. The molecule has 1 saturated heterocycles. The maximum Gasteiger partial charge on any atom is 0.195 e. The number of hydrogen-bond acceptors (Lipinski definition) is 6. The molecule has 170 valence electrons. The standard InChI is InChI=1S/C26H29N5OS/c1-26(2)21-13-18(16-30-9-11-31(12-10-30)33-29(3)4)6-7-19(21)24(32)23-20-8-5-17(15-27)14-22(20)28-25(23)26/h5-8,13-14,28H,9-12,16H2,1-4H3. The maximum atomic E-state index is 13.5. The number of carbonyl (C=O) groups is 1. The van der Waals surface area contributed by atoms with Gasteiger partial charge in [0.2, 0.25) is 0 Å². The molecule has 7 heteroatoms. The number of hydrogen-bond donors (Lipinski definition) is 1. The summed E-state index contributed by atoms with van der Waals surface area (Å²) in [5.74, 6) is 0.0659. The monoisotopic (exact) mass is 459 g/mol. The Morgan fingerprint density at radius 2 is 1.88 bits per heavy atom. The zero-order valence-corrected chi connectivity index (χ0v) is 20.4. The maximum absolute atomic E-state index is 13.5. The van der Waals surface area contributed by atoms with Crippen LogP contribution in [0.3, 0.4) is 0 Å². The minimum atomic E-state index is -0.332. The van der Waals surface area contributed by atoms with Gasteiger partial charge < -0.3 is 4.98 Å². The Kier molecular flexibility index (Phi) is 5.58. The molecule has 2 aliphatic rings. The van der Waals surface area contributed by atoms with E-state index >= 15 is 0 Å². The third-order valence-electron chi connectivity index (χ3n) is 6.80. The molecule has 2 aromatic carbocycles. The van der Waals surface area contributed by atoms with Crippen molar-refractivity contribution in [2.45, 2.75) is 25.8 Å². The molecule has 3 aromatic rings. The van der Waals surface area contributed by atoms with E-state index in [1.54, 1.807) is 18.2 Å². The fraction of sp³-hybridized carbons (Fsp3) is 0.385. The van der Waals surface area contributed by atoms with Crippen LogP contribution < -0.4 is 0 Å². The van der Waals surface area contributed by atoms with Gasteiger partial charge in [0, 0.05) is 72.4 Å².